The van der Waals surface area contributed by atoms with Crippen LogP contribution in [-0.2, 0) is 6.18 Å². The van der Waals surface area contributed by atoms with Gasteiger partial charge < -0.3 is 10.5 Å². The molecule has 1 heterocycles. The van der Waals surface area contributed by atoms with E-state index in [1.165, 1.54) is 12.1 Å². The number of alkyl halides is 3. The average molecular weight is 438 g/mol. The summed E-state index contributed by atoms with van der Waals surface area (Å²) in [5, 5.41) is 1.43. The summed E-state index contributed by atoms with van der Waals surface area (Å²) in [4.78, 5) is 16.5. The standard InChI is InChI=1S/C23H17F3N4O2/c24-23(25,26)16-8-10-17(11-9-16)32-19-4-1-3-14-13-15(7-12-18(14)19)22(31)30-29-21-6-2-5-20(27)28-21/h1-13H,(H,30,31)(H3,27,28,29). The second-order valence-corrected chi connectivity index (χ2v) is 6.84. The van der Waals surface area contributed by atoms with Crippen molar-refractivity contribution in [3.63, 3.8) is 0 Å². The minimum Gasteiger partial charge on any atom is -0.457 e. The Balaban J connectivity index is 1.51. The van der Waals surface area contributed by atoms with Gasteiger partial charge in [0.2, 0.25) is 0 Å². The van der Waals surface area contributed by atoms with Crippen LogP contribution in [0.5, 0.6) is 11.5 Å². The number of rotatable bonds is 5. The molecule has 0 spiro atoms. The van der Waals surface area contributed by atoms with Crippen LogP contribution in [0.1, 0.15) is 15.9 Å². The number of fused-ring (bicyclic) bond motifs is 1. The Morgan fingerprint density at radius 3 is 2.41 bits per heavy atom. The second-order valence-electron chi connectivity index (χ2n) is 6.84. The molecule has 6 nitrogen and oxygen atoms in total. The van der Waals surface area contributed by atoms with Gasteiger partial charge in [0, 0.05) is 10.9 Å². The molecule has 0 aliphatic heterocycles. The quantitative estimate of drug-likeness (QED) is 0.364. The van der Waals surface area contributed by atoms with E-state index in [4.69, 9.17) is 10.5 Å². The molecule has 4 N–H and O–H groups in total. The number of amides is 1. The number of carbonyl (C=O) groups excluding carboxylic acids is 1. The van der Waals surface area contributed by atoms with Crippen LogP contribution in [0, 0.1) is 0 Å². The maximum atomic E-state index is 12.7. The third kappa shape index (κ3) is 4.72. The van der Waals surface area contributed by atoms with Crippen LogP contribution in [0.25, 0.3) is 10.8 Å². The van der Waals surface area contributed by atoms with Crippen molar-refractivity contribution in [2.24, 2.45) is 0 Å². The number of hydrazine groups is 1. The predicted molar refractivity (Wildman–Crippen MR) is 115 cm³/mol. The van der Waals surface area contributed by atoms with Gasteiger partial charge in [0.25, 0.3) is 5.91 Å². The minimum absolute atomic E-state index is 0.270. The molecule has 0 unspecified atom stereocenters. The van der Waals surface area contributed by atoms with Crippen molar-refractivity contribution in [2.75, 3.05) is 11.2 Å². The number of pyridine rings is 1. The molecule has 0 bridgehead atoms. The molecule has 32 heavy (non-hydrogen) atoms. The lowest BCUT2D eigenvalue weighted by Crippen LogP contribution is -2.29. The van der Waals surface area contributed by atoms with Crippen LogP contribution in [0.4, 0.5) is 24.8 Å². The first kappa shape index (κ1) is 21.0. The number of hydrogen-bond donors (Lipinski definition) is 3. The Kier molecular flexibility index (Phi) is 5.55. The van der Waals surface area contributed by atoms with Crippen molar-refractivity contribution in [3.05, 3.63) is 90.0 Å². The first-order chi connectivity index (χ1) is 15.3. The number of nitrogens with zero attached hydrogens (tertiary/aromatic N) is 1. The highest BCUT2D eigenvalue weighted by molar-refractivity contribution is 6.00. The second kappa shape index (κ2) is 8.46. The zero-order chi connectivity index (χ0) is 22.7. The van der Waals surface area contributed by atoms with Gasteiger partial charge in [0.1, 0.15) is 23.1 Å². The van der Waals surface area contributed by atoms with Gasteiger partial charge in [0.15, 0.2) is 0 Å². The van der Waals surface area contributed by atoms with E-state index in [1.54, 1.807) is 54.6 Å². The molecule has 9 heteroatoms. The molecule has 0 saturated heterocycles. The fourth-order valence-electron chi connectivity index (χ4n) is 3.04. The first-order valence-corrected chi connectivity index (χ1v) is 9.46. The first-order valence-electron chi connectivity index (χ1n) is 9.46. The molecule has 0 saturated carbocycles. The van der Waals surface area contributed by atoms with Crippen LogP contribution >= 0.6 is 0 Å². The molecule has 0 aliphatic rings. The molecule has 0 atom stereocenters. The van der Waals surface area contributed by atoms with Crippen molar-refractivity contribution in [3.8, 4) is 11.5 Å². The van der Waals surface area contributed by atoms with Gasteiger partial charge in [-0.05, 0) is 66.0 Å². The van der Waals surface area contributed by atoms with Gasteiger partial charge in [-0.2, -0.15) is 13.2 Å². The molecule has 4 aromatic rings. The SMILES string of the molecule is Nc1cccc(NNC(=O)c2ccc3c(Oc4ccc(C(F)(F)F)cc4)cccc3c2)n1. The minimum atomic E-state index is -4.41. The topological polar surface area (TPSA) is 89.3 Å². The maximum Gasteiger partial charge on any atom is 0.416 e. The van der Waals surface area contributed by atoms with Gasteiger partial charge >= 0.3 is 6.18 Å². The molecule has 0 aliphatic carbocycles. The highest BCUT2D eigenvalue weighted by Crippen LogP contribution is 2.33. The molecule has 0 fully saturated rings. The van der Waals surface area contributed by atoms with Gasteiger partial charge in [0.05, 0.1) is 5.56 Å². The van der Waals surface area contributed by atoms with Crippen LogP contribution in [0.2, 0.25) is 0 Å². The van der Waals surface area contributed by atoms with E-state index < -0.39 is 11.7 Å². The average Bonchev–Trinajstić information content (AvgIpc) is 2.77. The Labute approximate surface area is 180 Å². The van der Waals surface area contributed by atoms with E-state index in [0.717, 1.165) is 17.5 Å². The predicted octanol–water partition coefficient (Wildman–Crippen LogP) is 5.39. The molecule has 1 amide bonds. The number of hydrogen-bond acceptors (Lipinski definition) is 5. The van der Waals surface area contributed by atoms with E-state index in [9.17, 15) is 18.0 Å². The largest absolute Gasteiger partial charge is 0.457 e. The zero-order valence-electron chi connectivity index (χ0n) is 16.5. The normalized spacial score (nSPS) is 11.2. The monoisotopic (exact) mass is 438 g/mol. The van der Waals surface area contributed by atoms with Crippen molar-refractivity contribution >= 4 is 28.3 Å². The Morgan fingerprint density at radius 1 is 0.938 bits per heavy atom. The fraction of sp³-hybridized carbons (Fsp3) is 0.0435. The Hall–Kier alpha value is -4.27. The van der Waals surface area contributed by atoms with Gasteiger partial charge in [-0.25, -0.2) is 4.98 Å². The van der Waals surface area contributed by atoms with Crippen LogP contribution in [-0.4, -0.2) is 10.9 Å². The summed E-state index contributed by atoms with van der Waals surface area (Å²) in [7, 11) is 0. The number of nitrogen functional groups attached to an aromatic ring is 1. The number of aromatic nitrogens is 1. The van der Waals surface area contributed by atoms with Crippen LogP contribution < -0.4 is 21.3 Å². The van der Waals surface area contributed by atoms with Crippen molar-refractivity contribution in [2.45, 2.75) is 6.18 Å². The number of carbonyl (C=O) groups is 1. The third-order valence-electron chi connectivity index (χ3n) is 4.59. The van der Waals surface area contributed by atoms with Gasteiger partial charge in [-0.15, -0.1) is 0 Å². The summed E-state index contributed by atoms with van der Waals surface area (Å²) < 4.78 is 44.0. The number of benzene rings is 3. The molecule has 162 valence electrons. The van der Waals surface area contributed by atoms with Crippen LogP contribution in [0.15, 0.2) is 78.9 Å². The lowest BCUT2D eigenvalue weighted by molar-refractivity contribution is -0.137. The molecule has 4 rings (SSSR count). The summed E-state index contributed by atoms with van der Waals surface area (Å²) in [6.45, 7) is 0. The van der Waals surface area contributed by atoms with Crippen molar-refractivity contribution in [1.29, 1.82) is 0 Å². The Morgan fingerprint density at radius 2 is 1.69 bits per heavy atom. The lowest BCUT2D eigenvalue weighted by atomic mass is 10.1. The number of anilines is 2. The van der Waals surface area contributed by atoms with E-state index >= 15 is 0 Å². The molecule has 0 radical (unpaired) electrons. The molecular formula is C23H17F3N4O2. The summed E-state index contributed by atoms with van der Waals surface area (Å²) in [5.41, 5.74) is 10.5. The lowest BCUT2D eigenvalue weighted by Gasteiger charge is -2.12. The number of nitrogens with two attached hydrogens (primary N) is 1. The maximum absolute atomic E-state index is 12.7. The fourth-order valence-corrected chi connectivity index (χ4v) is 3.04. The third-order valence-corrected chi connectivity index (χ3v) is 4.59. The van der Waals surface area contributed by atoms with E-state index in [2.05, 4.69) is 15.8 Å². The summed E-state index contributed by atoms with van der Waals surface area (Å²) >= 11 is 0. The molecule has 3 aromatic carbocycles. The van der Waals surface area contributed by atoms with Gasteiger partial charge in [-0.3, -0.25) is 15.6 Å². The van der Waals surface area contributed by atoms with E-state index in [1.807, 2.05) is 0 Å². The van der Waals surface area contributed by atoms with Crippen molar-refractivity contribution in [1.82, 2.24) is 10.4 Å². The van der Waals surface area contributed by atoms with E-state index in [-0.39, 0.29) is 11.7 Å². The number of nitrogens with one attached hydrogen (secondary N) is 2. The highest BCUT2D eigenvalue weighted by Gasteiger charge is 2.30. The zero-order valence-corrected chi connectivity index (χ0v) is 16.5. The van der Waals surface area contributed by atoms with Crippen LogP contribution in [0.3, 0.4) is 0 Å². The number of ether oxygens (including phenoxy) is 1. The summed E-state index contributed by atoms with van der Waals surface area (Å²) in [6.07, 6.45) is -4.41. The Bertz CT molecular complexity index is 1270. The highest BCUT2D eigenvalue weighted by atomic mass is 19.4. The molecular weight excluding hydrogens is 421 g/mol. The molecule has 1 aromatic heterocycles. The summed E-state index contributed by atoms with van der Waals surface area (Å²) in [5.74, 6) is 1.05. The smallest absolute Gasteiger partial charge is 0.416 e. The summed E-state index contributed by atoms with van der Waals surface area (Å²) in [6, 6.07) is 19.7. The van der Waals surface area contributed by atoms with Crippen molar-refractivity contribution < 1.29 is 22.7 Å². The van der Waals surface area contributed by atoms with E-state index in [0.29, 0.717) is 28.3 Å². The van der Waals surface area contributed by atoms with Gasteiger partial charge in [-0.1, -0.05) is 18.2 Å². The number of halogens is 3.